The first kappa shape index (κ1) is 14.3. The Morgan fingerprint density at radius 2 is 1.96 bits per heavy atom. The molecule has 5 nitrogen and oxygen atoms in total. The van der Waals surface area contributed by atoms with Gasteiger partial charge in [-0.2, -0.15) is 0 Å². The number of carbonyl (C=O) groups is 2. The molecule has 2 heterocycles. The number of piperidine rings is 1. The first-order valence-corrected chi connectivity index (χ1v) is 8.08. The van der Waals surface area contributed by atoms with Crippen molar-refractivity contribution >= 4 is 22.8 Å². The van der Waals surface area contributed by atoms with Crippen LogP contribution >= 0.6 is 0 Å². The van der Waals surface area contributed by atoms with E-state index in [1.165, 1.54) is 0 Å². The lowest BCUT2D eigenvalue weighted by molar-refractivity contribution is -0.139. The monoisotopic (exact) mass is 312 g/mol. The number of nitrogens with zero attached hydrogens (tertiary/aromatic N) is 2. The molecule has 120 valence electrons. The van der Waals surface area contributed by atoms with Crippen LogP contribution < -0.4 is 0 Å². The summed E-state index contributed by atoms with van der Waals surface area (Å²) in [6.45, 7) is 1.32. The number of carboxylic acids is 1. The van der Waals surface area contributed by atoms with Crippen molar-refractivity contribution in [2.75, 3.05) is 13.1 Å². The molecule has 1 aromatic heterocycles. The Balaban J connectivity index is 1.53. The normalized spacial score (nSPS) is 22.5. The Kier molecular flexibility index (Phi) is 3.01. The molecule has 2 fully saturated rings. The molecule has 1 N–H and O–H groups in total. The average Bonchev–Trinajstić information content (AvgIpc) is 3.13. The van der Waals surface area contributed by atoms with Gasteiger partial charge in [0.05, 0.1) is 5.92 Å². The van der Waals surface area contributed by atoms with Crippen molar-refractivity contribution in [3.8, 4) is 0 Å². The highest BCUT2D eigenvalue weighted by Crippen LogP contribution is 2.59. The van der Waals surface area contributed by atoms with Gasteiger partial charge in [0, 0.05) is 42.8 Å². The molecule has 1 spiro atoms. The topological polar surface area (TPSA) is 62.5 Å². The van der Waals surface area contributed by atoms with Gasteiger partial charge in [0.1, 0.15) is 0 Å². The van der Waals surface area contributed by atoms with Gasteiger partial charge in [-0.3, -0.25) is 9.59 Å². The summed E-state index contributed by atoms with van der Waals surface area (Å²) in [5.74, 6) is -0.819. The van der Waals surface area contributed by atoms with Crippen LogP contribution in [-0.4, -0.2) is 39.5 Å². The second kappa shape index (κ2) is 4.85. The second-order valence-corrected chi connectivity index (χ2v) is 6.91. The average molecular weight is 312 g/mol. The van der Waals surface area contributed by atoms with Gasteiger partial charge < -0.3 is 14.6 Å². The highest BCUT2D eigenvalue weighted by molar-refractivity contribution is 6.06. The van der Waals surface area contributed by atoms with E-state index in [-0.39, 0.29) is 17.2 Å². The Labute approximate surface area is 134 Å². The molecule has 0 radical (unpaired) electrons. The largest absolute Gasteiger partial charge is 0.481 e. The van der Waals surface area contributed by atoms with Gasteiger partial charge in [0.25, 0.3) is 5.91 Å². The molecule has 1 atom stereocenters. The summed E-state index contributed by atoms with van der Waals surface area (Å²) in [6.07, 6.45) is 4.36. The van der Waals surface area contributed by atoms with E-state index in [1.807, 2.05) is 47.0 Å². The lowest BCUT2D eigenvalue weighted by atomic mass is 9.90. The summed E-state index contributed by atoms with van der Waals surface area (Å²) in [4.78, 5) is 25.9. The third kappa shape index (κ3) is 2.14. The van der Waals surface area contributed by atoms with Gasteiger partial charge >= 0.3 is 5.97 Å². The summed E-state index contributed by atoms with van der Waals surface area (Å²) < 4.78 is 2.01. The van der Waals surface area contributed by atoms with E-state index in [9.17, 15) is 9.59 Å². The highest BCUT2D eigenvalue weighted by Gasteiger charge is 2.59. The van der Waals surface area contributed by atoms with Crippen LogP contribution in [0.4, 0.5) is 0 Å². The first-order chi connectivity index (χ1) is 11.0. The third-order valence-electron chi connectivity index (χ3n) is 5.69. The molecule has 5 heteroatoms. The van der Waals surface area contributed by atoms with Gasteiger partial charge in [0.15, 0.2) is 0 Å². The van der Waals surface area contributed by atoms with Gasteiger partial charge in [-0.25, -0.2) is 0 Å². The number of hydrogen-bond donors (Lipinski definition) is 1. The van der Waals surface area contributed by atoms with Crippen molar-refractivity contribution in [2.24, 2.45) is 18.4 Å². The van der Waals surface area contributed by atoms with Crippen molar-refractivity contribution in [3.05, 3.63) is 36.0 Å². The zero-order valence-corrected chi connectivity index (χ0v) is 13.2. The number of aliphatic carboxylic acids is 1. The van der Waals surface area contributed by atoms with Crippen molar-refractivity contribution in [1.82, 2.24) is 9.47 Å². The first-order valence-electron chi connectivity index (χ1n) is 8.08. The SMILES string of the molecule is Cn1ccc2c(C(=O)N3CCC4(CC3)CC4C(=O)O)cccc21. The second-order valence-electron chi connectivity index (χ2n) is 6.91. The van der Waals surface area contributed by atoms with Crippen LogP contribution in [0.1, 0.15) is 29.6 Å². The summed E-state index contributed by atoms with van der Waals surface area (Å²) in [6, 6.07) is 7.79. The van der Waals surface area contributed by atoms with Gasteiger partial charge in [-0.1, -0.05) is 6.07 Å². The maximum Gasteiger partial charge on any atom is 0.307 e. The maximum atomic E-state index is 12.9. The number of likely N-dealkylation sites (tertiary alicyclic amines) is 1. The molecule has 1 aliphatic carbocycles. The fourth-order valence-electron chi connectivity index (χ4n) is 4.06. The van der Waals surface area contributed by atoms with Crippen molar-refractivity contribution in [1.29, 1.82) is 0 Å². The van der Waals surface area contributed by atoms with Crippen LogP contribution in [0.25, 0.3) is 10.9 Å². The van der Waals surface area contributed by atoms with Crippen molar-refractivity contribution in [3.63, 3.8) is 0 Å². The zero-order chi connectivity index (χ0) is 16.2. The molecular formula is C18H20N2O3. The lowest BCUT2D eigenvalue weighted by Crippen LogP contribution is -2.40. The number of benzene rings is 1. The Hall–Kier alpha value is -2.30. The minimum absolute atomic E-state index is 0.0403. The highest BCUT2D eigenvalue weighted by atomic mass is 16.4. The van der Waals surface area contributed by atoms with Crippen molar-refractivity contribution < 1.29 is 14.7 Å². The fourth-order valence-corrected chi connectivity index (χ4v) is 4.06. The van der Waals surface area contributed by atoms with Gasteiger partial charge in [0.2, 0.25) is 0 Å². The number of carbonyl (C=O) groups excluding carboxylic acids is 1. The molecule has 1 unspecified atom stereocenters. The van der Waals surface area contributed by atoms with E-state index in [0.717, 1.165) is 35.7 Å². The van der Waals surface area contributed by atoms with E-state index in [0.29, 0.717) is 13.1 Å². The van der Waals surface area contributed by atoms with Crippen LogP contribution in [0.5, 0.6) is 0 Å². The molecule has 4 rings (SSSR count). The van der Waals surface area contributed by atoms with E-state index >= 15 is 0 Å². The molecule has 2 aromatic rings. The molecule has 23 heavy (non-hydrogen) atoms. The fraction of sp³-hybridized carbons (Fsp3) is 0.444. The molecule has 1 saturated heterocycles. The molecular weight excluding hydrogens is 292 g/mol. The number of amides is 1. The van der Waals surface area contributed by atoms with E-state index in [4.69, 9.17) is 5.11 Å². The predicted octanol–water partition coefficient (Wildman–Crippen LogP) is 2.51. The number of hydrogen-bond acceptors (Lipinski definition) is 2. The van der Waals surface area contributed by atoms with Crippen LogP contribution in [0.3, 0.4) is 0 Å². The summed E-state index contributed by atoms with van der Waals surface area (Å²) >= 11 is 0. The molecule has 1 aromatic carbocycles. The Bertz CT molecular complexity index is 800. The lowest BCUT2D eigenvalue weighted by Gasteiger charge is -2.32. The van der Waals surface area contributed by atoms with Crippen LogP contribution in [0.2, 0.25) is 0 Å². The maximum absolute atomic E-state index is 12.9. The number of fused-ring (bicyclic) bond motifs is 1. The van der Waals surface area contributed by atoms with Gasteiger partial charge in [-0.05, 0) is 42.9 Å². The van der Waals surface area contributed by atoms with Crippen LogP contribution in [0.15, 0.2) is 30.5 Å². The van der Waals surface area contributed by atoms with E-state index < -0.39 is 5.97 Å². The minimum atomic E-state index is -0.682. The van der Waals surface area contributed by atoms with E-state index in [1.54, 1.807) is 0 Å². The predicted molar refractivity (Wildman–Crippen MR) is 86.2 cm³/mol. The number of rotatable bonds is 2. The number of aromatic nitrogens is 1. The molecule has 1 saturated carbocycles. The molecule has 1 aliphatic heterocycles. The van der Waals surface area contributed by atoms with Crippen molar-refractivity contribution in [2.45, 2.75) is 19.3 Å². The van der Waals surface area contributed by atoms with Gasteiger partial charge in [-0.15, -0.1) is 0 Å². The Morgan fingerprint density at radius 3 is 2.61 bits per heavy atom. The Morgan fingerprint density at radius 1 is 1.22 bits per heavy atom. The van der Waals surface area contributed by atoms with Crippen LogP contribution in [-0.2, 0) is 11.8 Å². The zero-order valence-electron chi connectivity index (χ0n) is 13.2. The standard InChI is InChI=1S/C18H20N2O3/c1-19-8-5-12-13(3-2-4-15(12)19)16(21)20-9-6-18(7-10-20)11-14(18)17(22)23/h2-5,8,14H,6-7,9-11H2,1H3,(H,22,23). The number of aryl methyl sites for hydroxylation is 1. The minimum Gasteiger partial charge on any atom is -0.481 e. The number of carboxylic acid groups (broad SMARTS) is 1. The molecule has 1 amide bonds. The summed E-state index contributed by atoms with van der Waals surface area (Å²) in [5.41, 5.74) is 1.75. The molecule has 2 aliphatic rings. The smallest absolute Gasteiger partial charge is 0.307 e. The summed E-state index contributed by atoms with van der Waals surface area (Å²) in [7, 11) is 1.97. The van der Waals surface area contributed by atoms with Crippen LogP contribution in [0, 0.1) is 11.3 Å². The molecule has 0 bridgehead atoms. The summed E-state index contributed by atoms with van der Waals surface area (Å²) in [5, 5.41) is 10.1. The third-order valence-corrected chi connectivity index (χ3v) is 5.69. The van der Waals surface area contributed by atoms with E-state index in [2.05, 4.69) is 0 Å². The quantitative estimate of drug-likeness (QED) is 0.927.